The van der Waals surface area contributed by atoms with Crippen molar-refractivity contribution < 1.29 is 4.74 Å². The van der Waals surface area contributed by atoms with Gasteiger partial charge in [-0.3, -0.25) is 4.98 Å². The molecule has 20 heavy (non-hydrogen) atoms. The summed E-state index contributed by atoms with van der Waals surface area (Å²) in [5.41, 5.74) is 3.79. The Balaban J connectivity index is 2.14. The number of aryl methyl sites for hydroxylation is 2. The second-order valence-corrected chi connectivity index (χ2v) is 4.98. The maximum atomic E-state index is 5.49. The molecule has 1 atom stereocenters. The first kappa shape index (κ1) is 14.5. The Labute approximate surface area is 121 Å². The third kappa shape index (κ3) is 3.58. The number of nitrogens with zero attached hydrogens (tertiary/aromatic N) is 1. The van der Waals surface area contributed by atoms with E-state index in [2.05, 4.69) is 41.5 Å². The molecule has 2 aromatic rings. The van der Waals surface area contributed by atoms with Gasteiger partial charge in [0.1, 0.15) is 5.75 Å². The van der Waals surface area contributed by atoms with Crippen molar-refractivity contribution in [2.75, 3.05) is 14.2 Å². The van der Waals surface area contributed by atoms with Crippen molar-refractivity contribution in [3.8, 4) is 5.75 Å². The van der Waals surface area contributed by atoms with Gasteiger partial charge in [0.05, 0.1) is 7.11 Å². The van der Waals surface area contributed by atoms with E-state index in [1.165, 1.54) is 16.7 Å². The third-order valence-corrected chi connectivity index (χ3v) is 3.58. The van der Waals surface area contributed by atoms with Crippen LogP contribution in [0.1, 0.15) is 29.2 Å². The van der Waals surface area contributed by atoms with Gasteiger partial charge in [0.25, 0.3) is 0 Å². The lowest BCUT2D eigenvalue weighted by Crippen LogP contribution is -2.18. The minimum atomic E-state index is 0.290. The quantitative estimate of drug-likeness (QED) is 0.874. The van der Waals surface area contributed by atoms with Gasteiger partial charge in [-0.15, -0.1) is 0 Å². The zero-order valence-electron chi connectivity index (χ0n) is 12.4. The molecule has 1 aromatic heterocycles. The van der Waals surface area contributed by atoms with Crippen molar-refractivity contribution in [2.24, 2.45) is 0 Å². The van der Waals surface area contributed by atoms with Crippen molar-refractivity contribution in [2.45, 2.75) is 25.8 Å². The Morgan fingerprint density at radius 3 is 2.60 bits per heavy atom. The number of hydrogen-bond donors (Lipinski definition) is 1. The van der Waals surface area contributed by atoms with Gasteiger partial charge in [-0.25, -0.2) is 0 Å². The van der Waals surface area contributed by atoms with Gasteiger partial charge < -0.3 is 10.1 Å². The van der Waals surface area contributed by atoms with Crippen LogP contribution < -0.4 is 10.1 Å². The normalized spacial score (nSPS) is 12.2. The first-order valence-corrected chi connectivity index (χ1v) is 6.95. The molecule has 0 aliphatic heterocycles. The van der Waals surface area contributed by atoms with Crippen LogP contribution in [0.15, 0.2) is 42.7 Å². The Morgan fingerprint density at radius 2 is 1.95 bits per heavy atom. The molecule has 0 spiro atoms. The second kappa shape index (κ2) is 7.06. The number of aromatic nitrogens is 1. The maximum absolute atomic E-state index is 5.49. The van der Waals surface area contributed by atoms with E-state index in [9.17, 15) is 0 Å². The Kier molecular flexibility index (Phi) is 5.13. The highest BCUT2D eigenvalue weighted by Crippen LogP contribution is 2.29. The summed E-state index contributed by atoms with van der Waals surface area (Å²) in [7, 11) is 3.72. The van der Waals surface area contributed by atoms with E-state index in [1.807, 2.05) is 25.5 Å². The fourth-order valence-electron chi connectivity index (χ4n) is 2.44. The summed E-state index contributed by atoms with van der Waals surface area (Å²) in [5, 5.41) is 3.39. The summed E-state index contributed by atoms with van der Waals surface area (Å²) in [5.74, 6) is 0.949. The number of ether oxygens (including phenoxy) is 1. The minimum Gasteiger partial charge on any atom is -0.496 e. The fourth-order valence-corrected chi connectivity index (χ4v) is 2.44. The van der Waals surface area contributed by atoms with Crippen molar-refractivity contribution in [3.63, 3.8) is 0 Å². The predicted molar refractivity (Wildman–Crippen MR) is 82.1 cm³/mol. The number of hydrogen-bond acceptors (Lipinski definition) is 3. The molecule has 0 saturated carbocycles. The monoisotopic (exact) mass is 270 g/mol. The third-order valence-electron chi connectivity index (χ3n) is 3.58. The van der Waals surface area contributed by atoms with Crippen LogP contribution in [0.2, 0.25) is 0 Å². The molecule has 106 valence electrons. The summed E-state index contributed by atoms with van der Waals surface area (Å²) < 4.78 is 5.49. The van der Waals surface area contributed by atoms with E-state index in [4.69, 9.17) is 4.74 Å². The van der Waals surface area contributed by atoms with Gasteiger partial charge in [0, 0.05) is 24.0 Å². The van der Waals surface area contributed by atoms with Crippen LogP contribution in [0.25, 0.3) is 0 Å². The van der Waals surface area contributed by atoms with E-state index in [1.54, 1.807) is 7.11 Å². The molecule has 0 radical (unpaired) electrons. The Morgan fingerprint density at radius 1 is 1.20 bits per heavy atom. The van der Waals surface area contributed by atoms with Crippen LogP contribution in [0.3, 0.4) is 0 Å². The zero-order chi connectivity index (χ0) is 14.4. The summed E-state index contributed by atoms with van der Waals surface area (Å²) in [6.07, 6.45) is 5.74. The van der Waals surface area contributed by atoms with Crippen LogP contribution >= 0.6 is 0 Å². The van der Waals surface area contributed by atoms with Crippen LogP contribution in [-0.4, -0.2) is 19.1 Å². The molecular weight excluding hydrogens is 248 g/mol. The number of nitrogens with one attached hydrogen (secondary N) is 1. The smallest absolute Gasteiger partial charge is 0.123 e. The lowest BCUT2D eigenvalue weighted by molar-refractivity contribution is 0.398. The molecule has 0 amide bonds. The minimum absolute atomic E-state index is 0.290. The number of benzene rings is 1. The number of rotatable bonds is 6. The van der Waals surface area contributed by atoms with Gasteiger partial charge in [-0.1, -0.05) is 17.7 Å². The average Bonchev–Trinajstić information content (AvgIpc) is 2.49. The van der Waals surface area contributed by atoms with Gasteiger partial charge in [0.2, 0.25) is 0 Å². The molecule has 3 heteroatoms. The summed E-state index contributed by atoms with van der Waals surface area (Å²) in [6.45, 7) is 2.11. The van der Waals surface area contributed by atoms with E-state index in [0.717, 1.165) is 18.6 Å². The Bertz CT molecular complexity index is 540. The lowest BCUT2D eigenvalue weighted by atomic mass is 9.97. The fraction of sp³-hybridized carbons (Fsp3) is 0.353. The molecule has 1 heterocycles. The lowest BCUT2D eigenvalue weighted by Gasteiger charge is -2.20. The summed E-state index contributed by atoms with van der Waals surface area (Å²) >= 11 is 0. The van der Waals surface area contributed by atoms with Gasteiger partial charge in [-0.05, 0) is 50.6 Å². The van der Waals surface area contributed by atoms with Gasteiger partial charge in [0.15, 0.2) is 0 Å². The molecule has 2 rings (SSSR count). The molecular formula is C17H22N2O. The van der Waals surface area contributed by atoms with Crippen molar-refractivity contribution in [1.82, 2.24) is 10.3 Å². The molecule has 0 bridgehead atoms. The average molecular weight is 270 g/mol. The van der Waals surface area contributed by atoms with Crippen LogP contribution in [0, 0.1) is 6.92 Å². The van der Waals surface area contributed by atoms with E-state index in [0.29, 0.717) is 0 Å². The number of pyridine rings is 1. The topological polar surface area (TPSA) is 34.2 Å². The number of methoxy groups -OCH3 is 1. The molecule has 0 aliphatic carbocycles. The molecule has 1 N–H and O–H groups in total. The van der Waals surface area contributed by atoms with Crippen LogP contribution in [0.4, 0.5) is 0 Å². The molecule has 0 fully saturated rings. The molecule has 1 aromatic carbocycles. The van der Waals surface area contributed by atoms with Crippen LogP contribution in [-0.2, 0) is 6.42 Å². The SMILES string of the molecule is CNC(CCc1ccncc1)c1cc(C)ccc1OC. The van der Waals surface area contributed by atoms with Crippen molar-refractivity contribution >= 4 is 0 Å². The highest BCUT2D eigenvalue weighted by molar-refractivity contribution is 5.39. The molecule has 0 saturated heterocycles. The predicted octanol–water partition coefficient (Wildman–Crippen LogP) is 3.29. The second-order valence-electron chi connectivity index (χ2n) is 4.98. The highest BCUT2D eigenvalue weighted by atomic mass is 16.5. The van der Waals surface area contributed by atoms with Crippen molar-refractivity contribution in [3.05, 3.63) is 59.4 Å². The highest BCUT2D eigenvalue weighted by Gasteiger charge is 2.14. The Hall–Kier alpha value is -1.87. The molecule has 0 aliphatic rings. The summed E-state index contributed by atoms with van der Waals surface area (Å²) in [6, 6.07) is 10.8. The zero-order valence-corrected chi connectivity index (χ0v) is 12.4. The maximum Gasteiger partial charge on any atom is 0.123 e. The van der Waals surface area contributed by atoms with Crippen LogP contribution in [0.5, 0.6) is 5.75 Å². The molecule has 1 unspecified atom stereocenters. The molecule has 3 nitrogen and oxygen atoms in total. The van der Waals surface area contributed by atoms with E-state index in [-0.39, 0.29) is 6.04 Å². The van der Waals surface area contributed by atoms with Gasteiger partial charge >= 0.3 is 0 Å². The standard InChI is InChI=1S/C17H22N2O/c1-13-4-7-17(20-3)15(12-13)16(18-2)6-5-14-8-10-19-11-9-14/h4,7-12,16,18H,5-6H2,1-3H3. The largest absolute Gasteiger partial charge is 0.496 e. The van der Waals surface area contributed by atoms with Gasteiger partial charge in [-0.2, -0.15) is 0 Å². The van der Waals surface area contributed by atoms with E-state index < -0.39 is 0 Å². The van der Waals surface area contributed by atoms with E-state index >= 15 is 0 Å². The van der Waals surface area contributed by atoms with Crippen molar-refractivity contribution in [1.29, 1.82) is 0 Å². The first-order chi connectivity index (χ1) is 9.74. The first-order valence-electron chi connectivity index (χ1n) is 6.95. The summed E-state index contributed by atoms with van der Waals surface area (Å²) in [4.78, 5) is 4.05.